The summed E-state index contributed by atoms with van der Waals surface area (Å²) in [4.78, 5) is 0.611. The smallest absolute Gasteiger partial charge is 0.383 e. The summed E-state index contributed by atoms with van der Waals surface area (Å²) in [6.45, 7) is 1.26. The largest absolute Gasteiger partial charge is 0.416 e. The molecule has 132 valence electrons. The summed E-state index contributed by atoms with van der Waals surface area (Å²) in [5.41, 5.74) is -1.97. The minimum Gasteiger partial charge on any atom is -0.383 e. The van der Waals surface area contributed by atoms with Gasteiger partial charge >= 0.3 is 6.18 Å². The van der Waals surface area contributed by atoms with Gasteiger partial charge in [0, 0.05) is 11.4 Å². The van der Waals surface area contributed by atoms with Crippen LogP contribution in [-0.4, -0.2) is 20.1 Å². The Morgan fingerprint density at radius 1 is 1.17 bits per heavy atom. The third kappa shape index (κ3) is 5.04. The van der Waals surface area contributed by atoms with E-state index in [1.54, 1.807) is 17.5 Å². The topological polar surface area (TPSA) is 66.4 Å². The number of benzene rings is 1. The maximum Gasteiger partial charge on any atom is 0.416 e. The molecule has 1 atom stereocenters. The van der Waals surface area contributed by atoms with Crippen molar-refractivity contribution in [1.29, 1.82) is 0 Å². The summed E-state index contributed by atoms with van der Waals surface area (Å²) in [7, 11) is -3.79. The lowest BCUT2D eigenvalue weighted by Gasteiger charge is -2.22. The molecule has 0 aliphatic heterocycles. The molecule has 9 heteroatoms. The lowest BCUT2D eigenvalue weighted by atomic mass is 10.1. The highest BCUT2D eigenvalue weighted by Crippen LogP contribution is 2.29. The van der Waals surface area contributed by atoms with Crippen LogP contribution in [0.5, 0.6) is 0 Å². The molecule has 2 aromatic rings. The number of nitrogens with one attached hydrogen (secondary N) is 1. The second kappa shape index (κ2) is 6.83. The molecule has 4 nitrogen and oxygen atoms in total. The Labute approximate surface area is 142 Å². The number of alkyl halides is 3. The summed E-state index contributed by atoms with van der Waals surface area (Å²) in [5, 5.41) is 12.1. The van der Waals surface area contributed by atoms with Gasteiger partial charge in [-0.15, -0.1) is 11.3 Å². The highest BCUT2D eigenvalue weighted by molar-refractivity contribution is 7.88. The fraction of sp³-hybridized carbons (Fsp3) is 0.333. The Balaban J connectivity index is 2.01. The summed E-state index contributed by atoms with van der Waals surface area (Å²) in [5.74, 6) is -0.467. The van der Waals surface area contributed by atoms with Crippen LogP contribution in [0, 0.1) is 0 Å². The van der Waals surface area contributed by atoms with Crippen LogP contribution < -0.4 is 4.72 Å². The van der Waals surface area contributed by atoms with Crippen LogP contribution in [0.1, 0.15) is 22.9 Å². The monoisotopic (exact) mass is 379 g/mol. The molecule has 1 aromatic carbocycles. The maximum absolute atomic E-state index is 12.5. The van der Waals surface area contributed by atoms with Crippen LogP contribution in [0.2, 0.25) is 0 Å². The molecule has 0 saturated heterocycles. The predicted molar refractivity (Wildman–Crippen MR) is 86.0 cm³/mol. The molecule has 0 spiro atoms. The highest BCUT2D eigenvalue weighted by atomic mass is 32.2. The van der Waals surface area contributed by atoms with Gasteiger partial charge in [0.1, 0.15) is 5.60 Å². The molecule has 0 amide bonds. The average molecular weight is 379 g/mol. The molecule has 0 aliphatic carbocycles. The minimum absolute atomic E-state index is 0.226. The standard InChI is InChI=1S/C15H16F3NO3S2/c1-14(20,13-3-2-8-23-13)10-19-24(21,22)9-11-4-6-12(7-5-11)15(16,17)18/h2-8,19-20H,9-10H2,1H3/t14-/m1/s1. The molecule has 1 heterocycles. The van der Waals surface area contributed by atoms with Crippen LogP contribution in [-0.2, 0) is 27.6 Å². The molecule has 0 radical (unpaired) electrons. The molecular weight excluding hydrogens is 363 g/mol. The zero-order valence-corrected chi connectivity index (χ0v) is 14.3. The number of rotatable bonds is 6. The summed E-state index contributed by atoms with van der Waals surface area (Å²) in [6.07, 6.45) is -4.46. The first-order valence-corrected chi connectivity index (χ1v) is 9.43. The number of aliphatic hydroxyl groups is 1. The number of thiophene rings is 1. The van der Waals surface area contributed by atoms with Crippen molar-refractivity contribution in [2.24, 2.45) is 0 Å². The van der Waals surface area contributed by atoms with Gasteiger partial charge in [0.05, 0.1) is 11.3 Å². The van der Waals surface area contributed by atoms with E-state index in [2.05, 4.69) is 4.72 Å². The third-order valence-corrected chi connectivity index (χ3v) is 5.75. The lowest BCUT2D eigenvalue weighted by molar-refractivity contribution is -0.137. The SMILES string of the molecule is C[C@@](O)(CNS(=O)(=O)Cc1ccc(C(F)(F)F)cc1)c1cccs1. The van der Waals surface area contributed by atoms with Crippen LogP contribution in [0.25, 0.3) is 0 Å². The van der Waals surface area contributed by atoms with Gasteiger partial charge in [-0.3, -0.25) is 0 Å². The first-order chi connectivity index (χ1) is 11.0. The van der Waals surface area contributed by atoms with E-state index in [4.69, 9.17) is 0 Å². The van der Waals surface area contributed by atoms with Crippen molar-refractivity contribution in [3.05, 3.63) is 57.8 Å². The van der Waals surface area contributed by atoms with E-state index in [-0.39, 0.29) is 12.1 Å². The quantitative estimate of drug-likeness (QED) is 0.811. The normalized spacial score (nSPS) is 15.2. The van der Waals surface area contributed by atoms with Gasteiger partial charge in [0.2, 0.25) is 10.0 Å². The van der Waals surface area contributed by atoms with Gasteiger partial charge in [-0.05, 0) is 36.1 Å². The zero-order chi connectivity index (χ0) is 18.0. The molecule has 0 fully saturated rings. The van der Waals surface area contributed by atoms with E-state index in [1.165, 1.54) is 18.3 Å². The molecule has 0 bridgehead atoms. The molecule has 0 aliphatic rings. The Bertz CT molecular complexity index is 767. The highest BCUT2D eigenvalue weighted by Gasteiger charge is 2.30. The van der Waals surface area contributed by atoms with E-state index in [0.29, 0.717) is 4.88 Å². The molecule has 1 aromatic heterocycles. The summed E-state index contributed by atoms with van der Waals surface area (Å²) in [6, 6.07) is 7.36. The predicted octanol–water partition coefficient (Wildman–Crippen LogP) is 3.09. The number of halogens is 3. The van der Waals surface area contributed by atoms with Crippen LogP contribution >= 0.6 is 11.3 Å². The fourth-order valence-electron chi connectivity index (χ4n) is 1.98. The van der Waals surface area contributed by atoms with Crippen LogP contribution in [0.15, 0.2) is 41.8 Å². The van der Waals surface area contributed by atoms with Gasteiger partial charge < -0.3 is 5.11 Å². The van der Waals surface area contributed by atoms with E-state index in [0.717, 1.165) is 24.3 Å². The van der Waals surface area contributed by atoms with Crippen molar-refractivity contribution in [2.75, 3.05) is 6.54 Å². The van der Waals surface area contributed by atoms with Gasteiger partial charge in [-0.2, -0.15) is 13.2 Å². The van der Waals surface area contributed by atoms with Crippen LogP contribution in [0.4, 0.5) is 13.2 Å². The first kappa shape index (κ1) is 18.9. The number of sulfonamides is 1. The van der Waals surface area contributed by atoms with Crippen molar-refractivity contribution in [1.82, 2.24) is 4.72 Å². The van der Waals surface area contributed by atoms with Crippen molar-refractivity contribution < 1.29 is 26.7 Å². The van der Waals surface area contributed by atoms with Crippen molar-refractivity contribution in [2.45, 2.75) is 24.5 Å². The van der Waals surface area contributed by atoms with Crippen LogP contribution in [0.3, 0.4) is 0 Å². The second-order valence-corrected chi connectivity index (χ2v) is 8.28. The molecule has 24 heavy (non-hydrogen) atoms. The second-order valence-electron chi connectivity index (χ2n) is 5.53. The van der Waals surface area contributed by atoms with Gasteiger partial charge in [0.15, 0.2) is 0 Å². The summed E-state index contributed by atoms with van der Waals surface area (Å²) < 4.78 is 63.9. The van der Waals surface area contributed by atoms with Crippen molar-refractivity contribution in [3.63, 3.8) is 0 Å². The van der Waals surface area contributed by atoms with E-state index >= 15 is 0 Å². The first-order valence-electron chi connectivity index (χ1n) is 6.89. The summed E-state index contributed by atoms with van der Waals surface area (Å²) >= 11 is 1.30. The third-order valence-electron chi connectivity index (χ3n) is 3.33. The van der Waals surface area contributed by atoms with Gasteiger partial charge in [-0.1, -0.05) is 18.2 Å². The Kier molecular flexibility index (Phi) is 5.38. The maximum atomic E-state index is 12.5. The Hall–Kier alpha value is -1.42. The molecular formula is C15H16F3NO3S2. The fourth-order valence-corrected chi connectivity index (χ4v) is 4.00. The van der Waals surface area contributed by atoms with E-state index < -0.39 is 33.1 Å². The molecule has 2 N–H and O–H groups in total. The lowest BCUT2D eigenvalue weighted by Crippen LogP contribution is -2.38. The Morgan fingerprint density at radius 2 is 1.79 bits per heavy atom. The molecule has 0 unspecified atom stereocenters. The minimum atomic E-state index is -4.46. The molecule has 0 saturated carbocycles. The Morgan fingerprint density at radius 3 is 2.29 bits per heavy atom. The van der Waals surface area contributed by atoms with Gasteiger partial charge in [-0.25, -0.2) is 13.1 Å². The van der Waals surface area contributed by atoms with Gasteiger partial charge in [0.25, 0.3) is 0 Å². The number of hydrogen-bond acceptors (Lipinski definition) is 4. The van der Waals surface area contributed by atoms with E-state index in [9.17, 15) is 26.7 Å². The number of hydrogen-bond donors (Lipinski definition) is 2. The van der Waals surface area contributed by atoms with Crippen molar-refractivity contribution in [3.8, 4) is 0 Å². The van der Waals surface area contributed by atoms with Crippen molar-refractivity contribution >= 4 is 21.4 Å². The van der Waals surface area contributed by atoms with E-state index in [1.807, 2.05) is 0 Å². The zero-order valence-electron chi connectivity index (χ0n) is 12.7. The molecule has 2 rings (SSSR count). The average Bonchev–Trinajstić information content (AvgIpc) is 3.00.